The van der Waals surface area contributed by atoms with Gasteiger partial charge in [0.05, 0.1) is 17.0 Å². The highest BCUT2D eigenvalue weighted by molar-refractivity contribution is 7.82. The van der Waals surface area contributed by atoms with Crippen molar-refractivity contribution in [2.24, 2.45) is 17.0 Å². The van der Waals surface area contributed by atoms with E-state index in [1.54, 1.807) is 28.3 Å². The first kappa shape index (κ1) is 33.8. The van der Waals surface area contributed by atoms with E-state index in [1.807, 2.05) is 0 Å². The van der Waals surface area contributed by atoms with Gasteiger partial charge in [-0.1, -0.05) is 35.0 Å². The van der Waals surface area contributed by atoms with Crippen LogP contribution in [-0.4, -0.2) is 20.7 Å². The summed E-state index contributed by atoms with van der Waals surface area (Å²) in [6.45, 7) is 1.22. The summed E-state index contributed by atoms with van der Waals surface area (Å²) in [4.78, 5) is 28.8. The first-order valence-corrected chi connectivity index (χ1v) is 18.5. The molecule has 2 aliphatic rings. The average molecular weight is 720 g/mol. The fraction of sp³-hybridized carbons (Fsp3) is 0.333. The number of thiazole rings is 1. The Bertz CT molecular complexity index is 2230. The van der Waals surface area contributed by atoms with Crippen LogP contribution in [0.1, 0.15) is 82.9 Å². The third-order valence-electron chi connectivity index (χ3n) is 8.96. The molecule has 14 heteroatoms. The Balaban J connectivity index is 1.29. The molecule has 2 fully saturated rings. The first-order chi connectivity index (χ1) is 24.1. The molecule has 7 rings (SSSR count). The molecule has 10 nitrogen and oxygen atoms in total. The predicted octanol–water partition coefficient (Wildman–Crippen LogP) is 6.50. The monoisotopic (exact) mass is 719 g/mol. The number of thiol groups is 1. The van der Waals surface area contributed by atoms with Gasteiger partial charge in [-0.3, -0.25) is 0 Å². The van der Waals surface area contributed by atoms with Crippen molar-refractivity contribution in [2.45, 2.75) is 69.8 Å². The Kier molecular flexibility index (Phi) is 9.63. The molecule has 2 N–H and O–H groups in total. The van der Waals surface area contributed by atoms with Crippen LogP contribution in [0.5, 0.6) is 0 Å². The molecule has 1 atom stereocenters. The zero-order valence-electron chi connectivity index (χ0n) is 27.0. The standard InChI is InChI=1S/C36H32F2N4O6S2/c1-20-31(48-36(44)47-20)18-46-34(43)29-19-49-35(40-29)42-30(16-22-6-7-22)26(14-23-9-13-32(50(39)45)28(38)15-23)33(41-42)25-11-12-27(37)24(17-25)10-8-21-4-2-3-5-21/h9,11-13,15,17,19,21-22H,2-7,14,16,18H2,1H3,(H2,39,45)/p+1. The summed E-state index contributed by atoms with van der Waals surface area (Å²) in [6, 6.07) is 9.16. The lowest BCUT2D eigenvalue weighted by molar-refractivity contribution is 0.0437. The number of halogens is 2. The van der Waals surface area contributed by atoms with Crippen LogP contribution in [-0.2, 0) is 39.4 Å². The highest BCUT2D eigenvalue weighted by Crippen LogP contribution is 2.38. The molecule has 2 aliphatic carbocycles. The van der Waals surface area contributed by atoms with Crippen molar-refractivity contribution < 1.29 is 31.4 Å². The molecule has 0 saturated heterocycles. The number of carbonyl (C=O) groups is 1. The van der Waals surface area contributed by atoms with E-state index in [-0.39, 0.29) is 46.6 Å². The van der Waals surface area contributed by atoms with Gasteiger partial charge in [-0.25, -0.2) is 28.0 Å². The molecule has 0 radical (unpaired) electrons. The molecule has 1 unspecified atom stereocenters. The minimum Gasteiger partial charge on any atom is -0.453 e. The second-order valence-electron chi connectivity index (χ2n) is 12.6. The number of aryl methyl sites for hydroxylation is 1. The Morgan fingerprint density at radius 1 is 1.12 bits per heavy atom. The normalized spacial score (nSPS) is 15.2. The van der Waals surface area contributed by atoms with Crippen LogP contribution in [0.4, 0.5) is 8.78 Å². The van der Waals surface area contributed by atoms with Crippen molar-refractivity contribution in [3.05, 3.63) is 104 Å². The van der Waals surface area contributed by atoms with E-state index in [2.05, 4.69) is 16.8 Å². The van der Waals surface area contributed by atoms with Crippen molar-refractivity contribution in [1.82, 2.24) is 14.8 Å². The maximum atomic E-state index is 15.1. The quantitative estimate of drug-likeness (QED) is 0.0746. The lowest BCUT2D eigenvalue weighted by atomic mass is 9.96. The molecule has 0 aliphatic heterocycles. The molecule has 2 aromatic carbocycles. The van der Waals surface area contributed by atoms with E-state index in [1.165, 1.54) is 36.5 Å². The maximum Gasteiger partial charge on any atom is 0.519 e. The zero-order valence-corrected chi connectivity index (χ0v) is 28.8. The van der Waals surface area contributed by atoms with Crippen LogP contribution in [0.3, 0.4) is 0 Å². The Morgan fingerprint density at radius 3 is 2.62 bits per heavy atom. The molecule has 3 heterocycles. The summed E-state index contributed by atoms with van der Waals surface area (Å²) in [5, 5.41) is 12.4. The van der Waals surface area contributed by atoms with Gasteiger partial charge in [0.25, 0.3) is 0 Å². The van der Waals surface area contributed by atoms with Gasteiger partial charge in [0, 0.05) is 28.8 Å². The van der Waals surface area contributed by atoms with Gasteiger partial charge < -0.3 is 13.6 Å². The van der Waals surface area contributed by atoms with E-state index in [0.29, 0.717) is 34.3 Å². The number of nitrogens with two attached hydrogens (primary N) is 1. The fourth-order valence-electron chi connectivity index (χ4n) is 6.09. The highest BCUT2D eigenvalue weighted by Gasteiger charge is 2.30. The van der Waals surface area contributed by atoms with Gasteiger partial charge >= 0.3 is 11.8 Å². The van der Waals surface area contributed by atoms with Gasteiger partial charge in [-0.15, -0.1) is 16.5 Å². The highest BCUT2D eigenvalue weighted by atomic mass is 32.2. The first-order valence-electron chi connectivity index (χ1n) is 16.3. The predicted molar refractivity (Wildman–Crippen MR) is 182 cm³/mol. The fourth-order valence-corrected chi connectivity index (χ4v) is 7.36. The summed E-state index contributed by atoms with van der Waals surface area (Å²) < 4.78 is 58.7. The number of carbonyl (C=O) groups excluding carboxylic acids is 1. The van der Waals surface area contributed by atoms with E-state index in [0.717, 1.165) is 49.8 Å². The number of esters is 1. The van der Waals surface area contributed by atoms with Gasteiger partial charge in [0.1, 0.15) is 5.82 Å². The van der Waals surface area contributed by atoms with Crippen LogP contribution in [0.15, 0.2) is 60.3 Å². The Hall–Kier alpha value is -4.71. The summed E-state index contributed by atoms with van der Waals surface area (Å²) in [5.74, 6) is 4.53. The summed E-state index contributed by atoms with van der Waals surface area (Å²) in [7, 11) is -2.36. The van der Waals surface area contributed by atoms with E-state index in [9.17, 15) is 18.2 Å². The molecule has 0 amide bonds. The van der Waals surface area contributed by atoms with E-state index in [4.69, 9.17) is 23.8 Å². The van der Waals surface area contributed by atoms with Gasteiger partial charge in [-0.2, -0.15) is 5.10 Å². The SMILES string of the molecule is Cc1oc(=O)oc1COC(=O)c1csc(-n2nc(-c3ccc(F)c(C#CC4CCCC4)c3)c(Cc3ccc([SH+](N)=O)c(F)c3)c2CC2CC2)n1. The number of nitrogens with zero attached hydrogens (tertiary/aromatic N) is 3. The third kappa shape index (κ3) is 7.40. The van der Waals surface area contributed by atoms with Crippen molar-refractivity contribution in [1.29, 1.82) is 0 Å². The van der Waals surface area contributed by atoms with Crippen LogP contribution >= 0.6 is 11.3 Å². The topological polar surface area (TPSA) is 143 Å². The molecule has 5 aromatic rings. The van der Waals surface area contributed by atoms with Gasteiger partial charge in [0.2, 0.25) is 10.0 Å². The zero-order chi connectivity index (χ0) is 34.9. The van der Waals surface area contributed by atoms with E-state index < -0.39 is 34.4 Å². The molecule has 2 saturated carbocycles. The molecular weight excluding hydrogens is 687 g/mol. The van der Waals surface area contributed by atoms with Crippen LogP contribution in [0.25, 0.3) is 16.4 Å². The lowest BCUT2D eigenvalue weighted by Gasteiger charge is -2.09. The molecule has 50 heavy (non-hydrogen) atoms. The van der Waals surface area contributed by atoms with Crippen molar-refractivity contribution in [3.8, 4) is 28.2 Å². The Morgan fingerprint density at radius 2 is 1.92 bits per heavy atom. The third-order valence-corrected chi connectivity index (χ3v) is 10.6. The molecule has 3 aromatic heterocycles. The average Bonchev–Trinajstić information content (AvgIpc) is 3.43. The van der Waals surface area contributed by atoms with Crippen molar-refractivity contribution in [3.63, 3.8) is 0 Å². The summed E-state index contributed by atoms with van der Waals surface area (Å²) >= 11 is 1.19. The minimum atomic E-state index is -2.36. The number of hydrogen-bond donors (Lipinski definition) is 1. The molecular formula is C36H33F2N4O6S2+. The number of aromatic nitrogens is 3. The summed E-state index contributed by atoms with van der Waals surface area (Å²) in [6.07, 6.45) is 7.21. The van der Waals surface area contributed by atoms with E-state index >= 15 is 4.39 Å². The van der Waals surface area contributed by atoms with Gasteiger partial charge in [-0.05, 0) is 80.8 Å². The lowest BCUT2D eigenvalue weighted by Crippen LogP contribution is -2.08. The number of hydrogen-bond acceptors (Lipinski definition) is 9. The molecule has 0 spiro atoms. The van der Waals surface area contributed by atoms with Crippen molar-refractivity contribution >= 4 is 28.3 Å². The maximum absolute atomic E-state index is 15.1. The number of benzene rings is 2. The smallest absolute Gasteiger partial charge is 0.453 e. The molecule has 0 bridgehead atoms. The van der Waals surface area contributed by atoms with Crippen LogP contribution in [0.2, 0.25) is 0 Å². The second-order valence-corrected chi connectivity index (χ2v) is 14.6. The number of ether oxygens (including phenoxy) is 1. The van der Waals surface area contributed by atoms with Crippen LogP contribution < -0.4 is 11.0 Å². The van der Waals surface area contributed by atoms with Crippen LogP contribution in [0, 0.1) is 42.2 Å². The largest absolute Gasteiger partial charge is 0.519 e. The van der Waals surface area contributed by atoms with Gasteiger partial charge in [0.15, 0.2) is 40.6 Å². The second kappa shape index (κ2) is 14.3. The summed E-state index contributed by atoms with van der Waals surface area (Å²) in [5.41, 5.74) is 3.69. The Labute approximate surface area is 292 Å². The molecule has 258 valence electrons. The van der Waals surface area contributed by atoms with Crippen molar-refractivity contribution in [2.75, 3.05) is 0 Å². The minimum absolute atomic E-state index is 0.0317. The number of rotatable bonds is 10.